The molecule has 2 saturated heterocycles. The van der Waals surface area contributed by atoms with Crippen molar-refractivity contribution in [2.75, 3.05) is 42.6 Å². The second-order valence-corrected chi connectivity index (χ2v) is 11.1. The van der Waals surface area contributed by atoms with Crippen LogP contribution in [0.5, 0.6) is 5.75 Å². The van der Waals surface area contributed by atoms with Crippen LogP contribution in [0.1, 0.15) is 44.4 Å². The summed E-state index contributed by atoms with van der Waals surface area (Å²) in [5.74, 6) is 0.160. The van der Waals surface area contributed by atoms with E-state index in [0.29, 0.717) is 50.6 Å². The third-order valence-electron chi connectivity index (χ3n) is 7.66. The van der Waals surface area contributed by atoms with Crippen molar-refractivity contribution in [3.8, 4) is 11.8 Å². The molecule has 0 saturated carbocycles. The smallest absolute Gasteiger partial charge is 0.417 e. The van der Waals surface area contributed by atoms with E-state index in [1.165, 1.54) is 11.0 Å². The molecular formula is C29H32F3N5O4S. The third kappa shape index (κ3) is 5.87. The number of anilines is 2. The zero-order chi connectivity index (χ0) is 31.0. The molecule has 0 radical (unpaired) electrons. The minimum Gasteiger partial charge on any atom is -0.492 e. The van der Waals surface area contributed by atoms with Gasteiger partial charge in [0.1, 0.15) is 17.9 Å². The number of piperazine rings is 1. The highest BCUT2D eigenvalue weighted by atomic mass is 32.1. The van der Waals surface area contributed by atoms with E-state index < -0.39 is 34.8 Å². The van der Waals surface area contributed by atoms with E-state index in [1.54, 1.807) is 36.9 Å². The molecule has 1 unspecified atom stereocenters. The number of rotatable bonds is 7. The predicted molar refractivity (Wildman–Crippen MR) is 155 cm³/mol. The van der Waals surface area contributed by atoms with Gasteiger partial charge in [-0.2, -0.15) is 18.4 Å². The first kappa shape index (κ1) is 31.1. The van der Waals surface area contributed by atoms with Crippen LogP contribution in [0.25, 0.3) is 0 Å². The fraction of sp³-hybridized carbons (Fsp3) is 0.448. The highest BCUT2D eigenvalue weighted by molar-refractivity contribution is 7.81. The molecular weight excluding hydrogens is 571 g/mol. The van der Waals surface area contributed by atoms with Gasteiger partial charge in [-0.15, -0.1) is 0 Å². The average Bonchev–Trinajstić information content (AvgIpc) is 3.10. The second kappa shape index (κ2) is 11.8. The standard InChI is InChI=1S/C29H32F3N5O4S/c1-5-19-14-22(8-9-24(19)41-13-12-34-10-11-35(27(39)40)18(2)17-34)37-26(42)36(25(38)28(37,3)4)21-7-6-20(16-33)23(15-21)29(30,31)32/h6-9,14-15,18H,5,10-13,17H2,1-4H3,(H,39,40). The Bertz CT molecular complexity index is 1440. The Balaban J connectivity index is 1.53. The van der Waals surface area contributed by atoms with Crippen LogP contribution < -0.4 is 14.5 Å². The average molecular weight is 604 g/mol. The van der Waals surface area contributed by atoms with Gasteiger partial charge in [-0.1, -0.05) is 6.92 Å². The summed E-state index contributed by atoms with van der Waals surface area (Å²) in [5, 5.41) is 18.4. The van der Waals surface area contributed by atoms with Crippen molar-refractivity contribution in [2.24, 2.45) is 0 Å². The fourth-order valence-electron chi connectivity index (χ4n) is 5.39. The SMILES string of the molecule is CCc1cc(N2C(=S)N(c3ccc(C#N)c(C(F)(F)F)c3)C(=O)C2(C)C)ccc1OCCN1CCN(C(=O)O)C(C)C1. The Morgan fingerprint density at radius 2 is 1.88 bits per heavy atom. The summed E-state index contributed by atoms with van der Waals surface area (Å²) in [5.41, 5.74) is -1.50. The van der Waals surface area contributed by atoms with Crippen LogP contribution in [0.15, 0.2) is 36.4 Å². The summed E-state index contributed by atoms with van der Waals surface area (Å²) in [4.78, 5) is 31.1. The molecule has 1 N–H and O–H groups in total. The van der Waals surface area contributed by atoms with Crippen molar-refractivity contribution in [3.05, 3.63) is 53.1 Å². The normalized spacial score (nSPS) is 19.3. The number of carbonyl (C=O) groups is 2. The number of nitrogens with zero attached hydrogens (tertiary/aromatic N) is 5. The third-order valence-corrected chi connectivity index (χ3v) is 8.03. The van der Waals surface area contributed by atoms with Crippen molar-refractivity contribution in [3.63, 3.8) is 0 Å². The number of aryl methyl sites for hydroxylation is 1. The topological polar surface area (TPSA) is 100 Å². The van der Waals surface area contributed by atoms with E-state index in [2.05, 4.69) is 4.90 Å². The fourth-order valence-corrected chi connectivity index (χ4v) is 5.91. The number of amides is 2. The van der Waals surface area contributed by atoms with Crippen LogP contribution in [0.2, 0.25) is 0 Å². The summed E-state index contributed by atoms with van der Waals surface area (Å²) in [6.45, 7) is 9.83. The van der Waals surface area contributed by atoms with Gasteiger partial charge in [0.2, 0.25) is 0 Å². The van der Waals surface area contributed by atoms with Gasteiger partial charge >= 0.3 is 12.3 Å². The molecule has 4 rings (SSSR count). The quantitative estimate of drug-likeness (QED) is 0.436. The molecule has 0 aromatic heterocycles. The molecule has 2 aromatic carbocycles. The van der Waals surface area contributed by atoms with Crippen molar-refractivity contribution < 1.29 is 32.6 Å². The van der Waals surface area contributed by atoms with Crippen molar-refractivity contribution in [2.45, 2.75) is 51.9 Å². The Hall–Kier alpha value is -3.89. The molecule has 2 amide bonds. The van der Waals surface area contributed by atoms with E-state index >= 15 is 0 Å². The highest BCUT2D eigenvalue weighted by Crippen LogP contribution is 2.40. The number of benzene rings is 2. The molecule has 2 aliphatic rings. The highest BCUT2D eigenvalue weighted by Gasteiger charge is 2.50. The minimum atomic E-state index is -4.78. The number of carboxylic acid groups (broad SMARTS) is 1. The van der Waals surface area contributed by atoms with Crippen molar-refractivity contribution >= 4 is 40.7 Å². The molecule has 224 valence electrons. The summed E-state index contributed by atoms with van der Waals surface area (Å²) in [6.07, 6.45) is -5.09. The van der Waals surface area contributed by atoms with Crippen molar-refractivity contribution in [1.82, 2.24) is 9.80 Å². The maximum atomic E-state index is 13.6. The maximum absolute atomic E-state index is 13.6. The second-order valence-electron chi connectivity index (χ2n) is 10.8. The van der Waals surface area contributed by atoms with Gasteiger partial charge in [0.15, 0.2) is 5.11 Å². The number of ether oxygens (including phenoxy) is 1. The molecule has 0 spiro atoms. The molecule has 2 fully saturated rings. The van der Waals surface area contributed by atoms with Gasteiger partial charge < -0.3 is 19.6 Å². The number of alkyl halides is 3. The van der Waals surface area contributed by atoms with Crippen LogP contribution in [0.3, 0.4) is 0 Å². The lowest BCUT2D eigenvalue weighted by atomic mass is 10.0. The minimum absolute atomic E-state index is 0.0215. The lowest BCUT2D eigenvalue weighted by molar-refractivity contribution is -0.137. The van der Waals surface area contributed by atoms with Gasteiger partial charge in [-0.3, -0.25) is 14.6 Å². The zero-order valence-corrected chi connectivity index (χ0v) is 24.6. The molecule has 0 aliphatic carbocycles. The monoisotopic (exact) mass is 603 g/mol. The van der Waals surface area contributed by atoms with Crippen LogP contribution in [0, 0.1) is 11.3 Å². The van der Waals surface area contributed by atoms with Crippen LogP contribution >= 0.6 is 12.2 Å². The number of hydrogen-bond acceptors (Lipinski definition) is 6. The predicted octanol–water partition coefficient (Wildman–Crippen LogP) is 5.12. The van der Waals surface area contributed by atoms with E-state index in [9.17, 15) is 27.9 Å². The maximum Gasteiger partial charge on any atom is 0.417 e. The molecule has 2 heterocycles. The van der Waals surface area contributed by atoms with Gasteiger partial charge in [0, 0.05) is 37.9 Å². The number of nitriles is 1. The molecule has 2 aromatic rings. The first-order chi connectivity index (χ1) is 19.7. The summed E-state index contributed by atoms with van der Waals surface area (Å²) in [6, 6.07) is 9.94. The largest absolute Gasteiger partial charge is 0.492 e. The Labute approximate surface area is 247 Å². The molecule has 13 heteroatoms. The van der Waals surface area contributed by atoms with E-state index in [0.717, 1.165) is 22.6 Å². The van der Waals surface area contributed by atoms with Gasteiger partial charge in [-0.05, 0) is 81.4 Å². The van der Waals surface area contributed by atoms with Crippen LogP contribution in [-0.2, 0) is 17.4 Å². The van der Waals surface area contributed by atoms with E-state index in [1.807, 2.05) is 19.9 Å². The lowest BCUT2D eigenvalue weighted by Gasteiger charge is -2.38. The van der Waals surface area contributed by atoms with E-state index in [-0.39, 0.29) is 16.8 Å². The molecule has 42 heavy (non-hydrogen) atoms. The summed E-state index contributed by atoms with van der Waals surface area (Å²) < 4.78 is 47.0. The lowest BCUT2D eigenvalue weighted by Crippen LogP contribution is -2.54. The number of thiocarbonyl (C=S) groups is 1. The first-order valence-corrected chi connectivity index (χ1v) is 13.9. The van der Waals surface area contributed by atoms with Crippen molar-refractivity contribution in [1.29, 1.82) is 5.26 Å². The van der Waals surface area contributed by atoms with Crippen LogP contribution in [0.4, 0.5) is 29.3 Å². The van der Waals surface area contributed by atoms with Gasteiger partial charge in [0.05, 0.1) is 22.9 Å². The van der Waals surface area contributed by atoms with Crippen LogP contribution in [-0.4, -0.2) is 76.4 Å². The zero-order valence-electron chi connectivity index (χ0n) is 23.7. The summed E-state index contributed by atoms with van der Waals surface area (Å²) in [7, 11) is 0. The Morgan fingerprint density at radius 1 is 1.19 bits per heavy atom. The Kier molecular flexibility index (Phi) is 8.71. The number of carbonyl (C=O) groups excluding carboxylic acids is 1. The first-order valence-electron chi connectivity index (χ1n) is 13.5. The van der Waals surface area contributed by atoms with Gasteiger partial charge in [0.25, 0.3) is 5.91 Å². The van der Waals surface area contributed by atoms with E-state index in [4.69, 9.17) is 22.2 Å². The summed E-state index contributed by atoms with van der Waals surface area (Å²) >= 11 is 5.65. The number of halogens is 3. The molecule has 9 nitrogen and oxygen atoms in total. The molecule has 0 bridgehead atoms. The molecule has 1 atom stereocenters. The Morgan fingerprint density at radius 3 is 2.48 bits per heavy atom. The van der Waals surface area contributed by atoms with Gasteiger partial charge in [-0.25, -0.2) is 4.79 Å². The number of hydrogen-bond donors (Lipinski definition) is 1. The molecule has 2 aliphatic heterocycles.